The van der Waals surface area contributed by atoms with E-state index in [1.165, 1.54) is 6.20 Å². The van der Waals surface area contributed by atoms with Crippen LogP contribution < -0.4 is 0 Å². The summed E-state index contributed by atoms with van der Waals surface area (Å²) in [6.07, 6.45) is 1.33. The molecule has 18 heavy (non-hydrogen) atoms. The zero-order valence-corrected chi connectivity index (χ0v) is 10.6. The van der Waals surface area contributed by atoms with Gasteiger partial charge < -0.3 is 0 Å². The summed E-state index contributed by atoms with van der Waals surface area (Å²) in [6.45, 7) is 5.76. The molecule has 4 nitrogen and oxygen atoms in total. The average Bonchev–Trinajstić information content (AvgIpc) is 2.28. The summed E-state index contributed by atoms with van der Waals surface area (Å²) in [7, 11) is 0. The Morgan fingerprint density at radius 3 is 2.22 bits per heavy atom. The summed E-state index contributed by atoms with van der Waals surface area (Å²) in [5.74, 6) is 0. The molecule has 0 saturated carbocycles. The van der Waals surface area contributed by atoms with Gasteiger partial charge in [0.15, 0.2) is 0 Å². The Labute approximate surface area is 105 Å². The highest BCUT2D eigenvalue weighted by molar-refractivity contribution is 5.68. The summed E-state index contributed by atoms with van der Waals surface area (Å²) < 4.78 is 0. The fraction of sp³-hybridized carbons (Fsp3) is 0.214. The number of rotatable bonds is 2. The van der Waals surface area contributed by atoms with Gasteiger partial charge in [0.2, 0.25) is 0 Å². The predicted octanol–water partition coefficient (Wildman–Crippen LogP) is 3.58. The summed E-state index contributed by atoms with van der Waals surface area (Å²) in [6, 6.07) is 7.79. The maximum Gasteiger partial charge on any atom is 0.290 e. The van der Waals surface area contributed by atoms with Crippen molar-refractivity contribution < 1.29 is 4.92 Å². The maximum absolute atomic E-state index is 10.8. The fourth-order valence-electron chi connectivity index (χ4n) is 2.10. The molecule has 1 heterocycles. The highest BCUT2D eigenvalue weighted by atomic mass is 16.6. The van der Waals surface area contributed by atoms with Crippen LogP contribution in [-0.2, 0) is 0 Å². The van der Waals surface area contributed by atoms with Gasteiger partial charge in [-0.3, -0.25) is 10.1 Å². The molecule has 2 rings (SSSR count). The standard InChI is InChI=1S/C14H14N2O2/c1-9-5-4-6-10(2)14(9)12-7-11(3)13(8-15-12)16(17)18/h4-8H,1-3H3. The van der Waals surface area contributed by atoms with Crippen LogP contribution in [0.1, 0.15) is 16.7 Å². The van der Waals surface area contributed by atoms with E-state index in [2.05, 4.69) is 4.98 Å². The van der Waals surface area contributed by atoms with Gasteiger partial charge in [0, 0.05) is 11.1 Å². The largest absolute Gasteiger partial charge is 0.290 e. The van der Waals surface area contributed by atoms with E-state index >= 15 is 0 Å². The van der Waals surface area contributed by atoms with Crippen LogP contribution in [0.3, 0.4) is 0 Å². The average molecular weight is 242 g/mol. The van der Waals surface area contributed by atoms with E-state index < -0.39 is 4.92 Å². The molecular formula is C14H14N2O2. The van der Waals surface area contributed by atoms with E-state index in [1.54, 1.807) is 13.0 Å². The first-order chi connectivity index (χ1) is 8.50. The first-order valence-corrected chi connectivity index (χ1v) is 5.68. The molecule has 0 saturated heterocycles. The van der Waals surface area contributed by atoms with Crippen molar-refractivity contribution in [2.75, 3.05) is 0 Å². The quantitative estimate of drug-likeness (QED) is 0.597. The first-order valence-electron chi connectivity index (χ1n) is 5.68. The number of hydrogen-bond donors (Lipinski definition) is 0. The normalized spacial score (nSPS) is 10.4. The van der Waals surface area contributed by atoms with Crippen LogP contribution in [0.5, 0.6) is 0 Å². The summed E-state index contributed by atoms with van der Waals surface area (Å²) in [5, 5.41) is 10.8. The molecule has 0 amide bonds. The zero-order chi connectivity index (χ0) is 13.3. The molecular weight excluding hydrogens is 228 g/mol. The molecule has 1 aromatic carbocycles. The van der Waals surface area contributed by atoms with E-state index in [9.17, 15) is 10.1 Å². The van der Waals surface area contributed by atoms with Gasteiger partial charge >= 0.3 is 0 Å². The van der Waals surface area contributed by atoms with E-state index in [-0.39, 0.29) is 5.69 Å². The molecule has 0 radical (unpaired) electrons. The van der Waals surface area contributed by atoms with Crippen LogP contribution >= 0.6 is 0 Å². The molecule has 0 aliphatic carbocycles. The van der Waals surface area contributed by atoms with Crippen molar-refractivity contribution in [3.8, 4) is 11.3 Å². The van der Waals surface area contributed by atoms with Crippen LogP contribution in [-0.4, -0.2) is 9.91 Å². The van der Waals surface area contributed by atoms with Crippen molar-refractivity contribution in [3.05, 3.63) is 57.3 Å². The van der Waals surface area contributed by atoms with E-state index in [0.717, 1.165) is 22.4 Å². The van der Waals surface area contributed by atoms with Crippen molar-refractivity contribution in [3.63, 3.8) is 0 Å². The molecule has 0 aliphatic rings. The van der Waals surface area contributed by atoms with Crippen molar-refractivity contribution in [1.82, 2.24) is 4.98 Å². The summed E-state index contributed by atoms with van der Waals surface area (Å²) in [4.78, 5) is 14.6. The topological polar surface area (TPSA) is 56.0 Å². The molecule has 0 bridgehead atoms. The highest BCUT2D eigenvalue weighted by Gasteiger charge is 2.14. The van der Waals surface area contributed by atoms with Gasteiger partial charge in [-0.2, -0.15) is 0 Å². The lowest BCUT2D eigenvalue weighted by Gasteiger charge is -2.09. The van der Waals surface area contributed by atoms with Gasteiger partial charge in [-0.25, -0.2) is 4.98 Å². The minimum Gasteiger partial charge on any atom is -0.258 e. The third-order valence-corrected chi connectivity index (χ3v) is 3.02. The van der Waals surface area contributed by atoms with Gasteiger partial charge in [-0.1, -0.05) is 18.2 Å². The second-order valence-corrected chi connectivity index (χ2v) is 4.38. The number of aromatic nitrogens is 1. The van der Waals surface area contributed by atoms with Crippen LogP contribution in [0.2, 0.25) is 0 Å². The SMILES string of the molecule is Cc1cc(-c2c(C)cccc2C)ncc1[N+](=O)[O-]. The lowest BCUT2D eigenvalue weighted by molar-refractivity contribution is -0.385. The molecule has 2 aromatic rings. The van der Waals surface area contributed by atoms with Gasteiger partial charge in [0.1, 0.15) is 6.20 Å². The van der Waals surface area contributed by atoms with E-state index in [4.69, 9.17) is 0 Å². The second kappa shape index (κ2) is 4.56. The van der Waals surface area contributed by atoms with Crippen molar-refractivity contribution in [1.29, 1.82) is 0 Å². The number of benzene rings is 1. The summed E-state index contributed by atoms with van der Waals surface area (Å²) >= 11 is 0. The second-order valence-electron chi connectivity index (χ2n) is 4.38. The van der Waals surface area contributed by atoms with Gasteiger partial charge in [-0.15, -0.1) is 0 Å². The Morgan fingerprint density at radius 2 is 1.72 bits per heavy atom. The molecule has 0 spiro atoms. The number of pyridine rings is 1. The molecule has 0 N–H and O–H groups in total. The molecule has 0 unspecified atom stereocenters. The van der Waals surface area contributed by atoms with E-state index in [0.29, 0.717) is 5.56 Å². The molecule has 4 heteroatoms. The van der Waals surface area contributed by atoms with Crippen molar-refractivity contribution in [2.24, 2.45) is 0 Å². The van der Waals surface area contributed by atoms with Gasteiger partial charge in [0.25, 0.3) is 5.69 Å². The van der Waals surface area contributed by atoms with Crippen LogP contribution in [0.15, 0.2) is 30.5 Å². The fourth-order valence-corrected chi connectivity index (χ4v) is 2.10. The minimum absolute atomic E-state index is 0.0602. The molecule has 0 aliphatic heterocycles. The van der Waals surface area contributed by atoms with Crippen LogP contribution in [0.25, 0.3) is 11.3 Å². The van der Waals surface area contributed by atoms with Gasteiger partial charge in [0.05, 0.1) is 10.6 Å². The number of aryl methyl sites for hydroxylation is 3. The Morgan fingerprint density at radius 1 is 1.11 bits per heavy atom. The number of nitro groups is 1. The Hall–Kier alpha value is -2.23. The maximum atomic E-state index is 10.8. The highest BCUT2D eigenvalue weighted by Crippen LogP contribution is 2.28. The lowest BCUT2D eigenvalue weighted by atomic mass is 9.99. The first kappa shape index (κ1) is 12.2. The monoisotopic (exact) mass is 242 g/mol. The smallest absolute Gasteiger partial charge is 0.258 e. The predicted molar refractivity (Wildman–Crippen MR) is 70.5 cm³/mol. The van der Waals surface area contributed by atoms with Gasteiger partial charge in [-0.05, 0) is 38.0 Å². The van der Waals surface area contributed by atoms with Crippen LogP contribution in [0, 0.1) is 30.9 Å². The Kier molecular flexibility index (Phi) is 3.10. The number of hydrogen-bond acceptors (Lipinski definition) is 3. The molecule has 0 fully saturated rings. The van der Waals surface area contributed by atoms with E-state index in [1.807, 2.05) is 32.0 Å². The van der Waals surface area contributed by atoms with Crippen molar-refractivity contribution in [2.45, 2.75) is 20.8 Å². The van der Waals surface area contributed by atoms with Crippen molar-refractivity contribution >= 4 is 5.69 Å². The molecule has 0 atom stereocenters. The third-order valence-electron chi connectivity index (χ3n) is 3.02. The number of nitrogens with zero attached hydrogens (tertiary/aromatic N) is 2. The molecule has 92 valence electrons. The Bertz CT molecular complexity index is 601. The van der Waals surface area contributed by atoms with Crippen LogP contribution in [0.4, 0.5) is 5.69 Å². The third kappa shape index (κ3) is 2.09. The molecule has 1 aromatic heterocycles. The zero-order valence-electron chi connectivity index (χ0n) is 10.6. The lowest BCUT2D eigenvalue weighted by Crippen LogP contribution is -1.96. The minimum atomic E-state index is -0.406. The summed E-state index contributed by atoms with van der Waals surface area (Å²) in [5.41, 5.74) is 4.77. The Balaban J connectivity index is 2.59.